The fraction of sp³-hybridized carbons (Fsp3) is 0.867. The van der Waals surface area contributed by atoms with E-state index in [1.165, 1.54) is 4.90 Å². The van der Waals surface area contributed by atoms with Crippen LogP contribution in [0.4, 0.5) is 9.18 Å². The molecule has 2 saturated heterocycles. The molecule has 0 aromatic rings. The Morgan fingerprint density at radius 2 is 1.91 bits per heavy atom. The Hall–Kier alpha value is -1.37. The average Bonchev–Trinajstić information content (AvgIpc) is 3.06. The van der Waals surface area contributed by atoms with Crippen molar-refractivity contribution in [2.45, 2.75) is 50.9 Å². The van der Waals surface area contributed by atoms with E-state index in [0.717, 1.165) is 12.8 Å². The van der Waals surface area contributed by atoms with Crippen LogP contribution >= 0.6 is 0 Å². The molecular weight excluding hydrogens is 291 g/mol. The normalized spacial score (nSPS) is 30.1. The summed E-state index contributed by atoms with van der Waals surface area (Å²) < 4.78 is 26.0. The second-order valence-corrected chi connectivity index (χ2v) is 7.66. The molecule has 6 nitrogen and oxygen atoms in total. The molecule has 1 aliphatic carbocycles. The number of carbonyl (C=O) groups is 2. The largest absolute Gasteiger partial charge is 0.444 e. The minimum Gasteiger partial charge on any atom is -0.444 e. The van der Waals surface area contributed by atoms with E-state index >= 15 is 4.39 Å². The highest BCUT2D eigenvalue weighted by Gasteiger charge is 2.68. The quantitative estimate of drug-likeness (QED) is 0.833. The first kappa shape index (κ1) is 15.5. The van der Waals surface area contributed by atoms with Crippen molar-refractivity contribution in [1.29, 1.82) is 0 Å². The number of halogens is 1. The second-order valence-electron chi connectivity index (χ2n) is 7.66. The highest BCUT2D eigenvalue weighted by Crippen LogP contribution is 2.48. The van der Waals surface area contributed by atoms with E-state index in [9.17, 15) is 9.59 Å². The van der Waals surface area contributed by atoms with Crippen molar-refractivity contribution in [3.63, 3.8) is 0 Å². The highest BCUT2D eigenvalue weighted by atomic mass is 19.1. The van der Waals surface area contributed by atoms with Gasteiger partial charge in [-0.25, -0.2) is 9.18 Å². The maximum absolute atomic E-state index is 15.5. The molecule has 124 valence electrons. The molecular formula is C15H23FN2O4. The van der Waals surface area contributed by atoms with Crippen molar-refractivity contribution in [1.82, 2.24) is 10.2 Å². The van der Waals surface area contributed by atoms with Crippen molar-refractivity contribution >= 4 is 12.0 Å². The van der Waals surface area contributed by atoms with Crippen molar-refractivity contribution in [2.24, 2.45) is 5.41 Å². The number of hydrogen-bond acceptors (Lipinski definition) is 4. The SMILES string of the molecule is CC(C)(C)OC(=O)N1CC2(COC2)C(F)(C(=O)NC2CC2)C1. The van der Waals surface area contributed by atoms with E-state index in [0.29, 0.717) is 0 Å². The monoisotopic (exact) mass is 314 g/mol. The van der Waals surface area contributed by atoms with Crippen LogP contribution in [0, 0.1) is 5.41 Å². The second kappa shape index (κ2) is 4.81. The molecule has 0 aromatic carbocycles. The summed E-state index contributed by atoms with van der Waals surface area (Å²) in [4.78, 5) is 25.8. The lowest BCUT2D eigenvalue weighted by Crippen LogP contribution is -2.63. The molecule has 0 bridgehead atoms. The zero-order valence-corrected chi connectivity index (χ0v) is 13.3. The van der Waals surface area contributed by atoms with Gasteiger partial charge >= 0.3 is 6.09 Å². The first-order valence-electron chi connectivity index (χ1n) is 7.71. The third-order valence-electron chi connectivity index (χ3n) is 4.42. The Morgan fingerprint density at radius 1 is 1.27 bits per heavy atom. The maximum atomic E-state index is 15.5. The van der Waals surface area contributed by atoms with Crippen LogP contribution in [-0.2, 0) is 14.3 Å². The fourth-order valence-electron chi connectivity index (χ4n) is 2.94. The van der Waals surface area contributed by atoms with E-state index in [4.69, 9.17) is 9.47 Å². The molecule has 0 radical (unpaired) electrons. The van der Waals surface area contributed by atoms with E-state index < -0.39 is 28.7 Å². The first-order chi connectivity index (χ1) is 10.2. The molecule has 1 unspecified atom stereocenters. The van der Waals surface area contributed by atoms with Crippen LogP contribution in [-0.4, -0.2) is 60.5 Å². The van der Waals surface area contributed by atoms with Gasteiger partial charge in [0.1, 0.15) is 5.60 Å². The summed E-state index contributed by atoms with van der Waals surface area (Å²) in [5.41, 5.74) is -3.70. The molecule has 0 aromatic heterocycles. The summed E-state index contributed by atoms with van der Waals surface area (Å²) in [6.07, 6.45) is 1.19. The number of rotatable bonds is 2. The number of likely N-dealkylation sites (tertiary alicyclic amines) is 1. The van der Waals surface area contributed by atoms with Crippen molar-refractivity contribution in [3.8, 4) is 0 Å². The Balaban J connectivity index is 1.75. The van der Waals surface area contributed by atoms with Crippen LogP contribution in [0.5, 0.6) is 0 Å². The van der Waals surface area contributed by atoms with Crippen LogP contribution < -0.4 is 5.32 Å². The summed E-state index contributed by atoms with van der Waals surface area (Å²) in [6, 6.07) is 0.0775. The minimum atomic E-state index is -2.11. The number of amides is 2. The Labute approximate surface area is 129 Å². The van der Waals surface area contributed by atoms with Crippen molar-refractivity contribution in [3.05, 3.63) is 0 Å². The Morgan fingerprint density at radius 3 is 2.36 bits per heavy atom. The molecule has 1 spiro atoms. The third-order valence-corrected chi connectivity index (χ3v) is 4.42. The lowest BCUT2D eigenvalue weighted by Gasteiger charge is -2.44. The number of nitrogens with zero attached hydrogens (tertiary/aromatic N) is 1. The third kappa shape index (κ3) is 2.55. The molecule has 2 heterocycles. The summed E-state index contributed by atoms with van der Waals surface area (Å²) >= 11 is 0. The highest BCUT2D eigenvalue weighted by molar-refractivity contribution is 5.89. The summed E-state index contributed by atoms with van der Waals surface area (Å²) in [5, 5.41) is 2.72. The topological polar surface area (TPSA) is 67.9 Å². The summed E-state index contributed by atoms with van der Waals surface area (Å²) in [7, 11) is 0. The van der Waals surface area contributed by atoms with Gasteiger partial charge in [0.25, 0.3) is 5.91 Å². The molecule has 3 aliphatic rings. The smallest absolute Gasteiger partial charge is 0.410 e. The van der Waals surface area contributed by atoms with Crippen LogP contribution in [0.3, 0.4) is 0 Å². The van der Waals surface area contributed by atoms with Crippen LogP contribution in [0.2, 0.25) is 0 Å². The number of carbonyl (C=O) groups excluding carboxylic acids is 2. The molecule has 3 rings (SSSR count). The van der Waals surface area contributed by atoms with Crippen LogP contribution in [0.15, 0.2) is 0 Å². The molecule has 22 heavy (non-hydrogen) atoms. The van der Waals surface area contributed by atoms with Crippen LogP contribution in [0.25, 0.3) is 0 Å². The minimum absolute atomic E-state index is 0.0775. The molecule has 7 heteroatoms. The van der Waals surface area contributed by atoms with E-state index in [1.54, 1.807) is 20.8 Å². The predicted octanol–water partition coefficient (Wildman–Crippen LogP) is 1.24. The van der Waals surface area contributed by atoms with Crippen molar-refractivity contribution in [2.75, 3.05) is 26.3 Å². The van der Waals surface area contributed by atoms with Gasteiger partial charge in [-0.15, -0.1) is 0 Å². The molecule has 1 atom stereocenters. The Kier molecular flexibility index (Phi) is 3.39. The zero-order valence-electron chi connectivity index (χ0n) is 13.3. The van der Waals surface area contributed by atoms with Gasteiger partial charge in [0.2, 0.25) is 5.67 Å². The molecule has 2 aliphatic heterocycles. The van der Waals surface area contributed by atoms with Gasteiger partial charge in [0.05, 0.1) is 25.2 Å². The fourth-order valence-corrected chi connectivity index (χ4v) is 2.94. The number of alkyl halides is 1. The van der Waals surface area contributed by atoms with Gasteiger partial charge in [-0.2, -0.15) is 0 Å². The number of nitrogens with one attached hydrogen (secondary N) is 1. The first-order valence-corrected chi connectivity index (χ1v) is 7.71. The Bertz CT molecular complexity index is 496. The molecule has 1 saturated carbocycles. The van der Waals surface area contributed by atoms with Crippen molar-refractivity contribution < 1.29 is 23.5 Å². The van der Waals surface area contributed by atoms with Crippen LogP contribution in [0.1, 0.15) is 33.6 Å². The predicted molar refractivity (Wildman–Crippen MR) is 76.1 cm³/mol. The lowest BCUT2D eigenvalue weighted by atomic mass is 9.73. The van der Waals surface area contributed by atoms with Gasteiger partial charge in [-0.1, -0.05) is 0 Å². The van der Waals surface area contributed by atoms with Gasteiger partial charge in [0, 0.05) is 12.6 Å². The standard InChI is InChI=1S/C15H23FN2O4/c1-13(2,3)22-12(20)18-6-14(8-21-9-14)15(16,7-18)11(19)17-10-4-5-10/h10H,4-9H2,1-3H3,(H,17,19). The van der Waals surface area contributed by atoms with Gasteiger partial charge in [-0.3, -0.25) is 4.79 Å². The zero-order chi connectivity index (χ0) is 16.2. The van der Waals surface area contributed by atoms with E-state index in [-0.39, 0.29) is 32.3 Å². The summed E-state index contributed by atoms with van der Waals surface area (Å²) in [5.74, 6) is -0.621. The van der Waals surface area contributed by atoms with Gasteiger partial charge in [-0.05, 0) is 33.6 Å². The summed E-state index contributed by atoms with van der Waals surface area (Å²) in [6.45, 7) is 5.45. The lowest BCUT2D eigenvalue weighted by molar-refractivity contribution is -0.180. The maximum Gasteiger partial charge on any atom is 0.410 e. The number of ether oxygens (including phenoxy) is 2. The number of hydrogen-bond donors (Lipinski definition) is 1. The van der Waals surface area contributed by atoms with Gasteiger partial charge < -0.3 is 19.7 Å². The van der Waals surface area contributed by atoms with Gasteiger partial charge in [0.15, 0.2) is 0 Å². The molecule has 1 N–H and O–H groups in total. The molecule has 3 fully saturated rings. The van der Waals surface area contributed by atoms with E-state index in [1.807, 2.05) is 0 Å². The average molecular weight is 314 g/mol. The van der Waals surface area contributed by atoms with E-state index in [2.05, 4.69) is 5.32 Å². The molecule has 2 amide bonds.